The molecular weight excluding hydrogens is 640 g/mol. The molecule has 0 aromatic heterocycles. The Labute approximate surface area is 316 Å². The van der Waals surface area contributed by atoms with Gasteiger partial charge in [0.2, 0.25) is 0 Å². The van der Waals surface area contributed by atoms with Crippen LogP contribution in [-0.2, 0) is 23.8 Å². The van der Waals surface area contributed by atoms with Crippen molar-refractivity contribution in [2.45, 2.75) is 246 Å². The van der Waals surface area contributed by atoms with Crippen molar-refractivity contribution in [3.05, 3.63) is 0 Å². The number of nitrogens with one attached hydrogen (secondary N) is 1. The van der Waals surface area contributed by atoms with E-state index in [1.807, 2.05) is 0 Å². The topological polar surface area (TPSA) is 117 Å². The Balaban J connectivity index is 0. The maximum Gasteiger partial charge on any atom is 0.408 e. The molecule has 0 aromatic carbocycles. The molecule has 3 N–H and O–H groups in total. The van der Waals surface area contributed by atoms with Crippen LogP contribution in [0.25, 0.3) is 0 Å². The number of amides is 1. The Hall–Kier alpha value is -1.83. The van der Waals surface area contributed by atoms with Crippen molar-refractivity contribution in [1.29, 1.82) is 0 Å². The van der Waals surface area contributed by atoms with Gasteiger partial charge < -0.3 is 25.3 Å². The van der Waals surface area contributed by atoms with E-state index in [9.17, 15) is 14.4 Å². The van der Waals surface area contributed by atoms with Gasteiger partial charge in [-0.1, -0.05) is 156 Å². The van der Waals surface area contributed by atoms with E-state index in [-0.39, 0.29) is 37.2 Å². The second kappa shape index (κ2) is 37.9. The zero-order valence-electron chi connectivity index (χ0n) is 34.9. The van der Waals surface area contributed by atoms with E-state index in [1.165, 1.54) is 141 Å². The Morgan fingerprint density at radius 2 is 0.784 bits per heavy atom. The van der Waals surface area contributed by atoms with Crippen molar-refractivity contribution in [1.82, 2.24) is 5.32 Å². The lowest BCUT2D eigenvalue weighted by atomic mass is 10.0. The van der Waals surface area contributed by atoms with Crippen molar-refractivity contribution in [2.75, 3.05) is 13.1 Å². The molecule has 0 aromatic rings. The molecule has 0 unspecified atom stereocenters. The van der Waals surface area contributed by atoms with Gasteiger partial charge >= 0.3 is 18.0 Å². The number of alkyl carbamates (subject to hydrolysis) is 1. The molecule has 51 heavy (non-hydrogen) atoms. The van der Waals surface area contributed by atoms with Crippen LogP contribution in [0.15, 0.2) is 0 Å². The molecule has 0 aliphatic carbocycles. The Kier molecular flexibility index (Phi) is 38.1. The maximum absolute atomic E-state index is 12.2. The van der Waals surface area contributed by atoms with Crippen molar-refractivity contribution in [3.8, 4) is 0 Å². The number of rotatable bonds is 33. The largest absolute Gasteiger partial charge is 0.461 e. The lowest BCUT2D eigenvalue weighted by Gasteiger charge is -2.21. The molecule has 8 heteroatoms. The van der Waals surface area contributed by atoms with Crippen LogP contribution < -0.4 is 11.1 Å². The SMILES string of the molecule is CCCCCCCCC(CCCCCCCC)OC(=O)CN.CCCCCCCCC(CCCCCCCC)OC(=O)CNC(=O)OC(C)(C)C. The third-order valence-corrected chi connectivity index (χ3v) is 9.06. The molecule has 0 saturated heterocycles. The Bertz CT molecular complexity index is 753. The molecule has 0 spiro atoms. The number of esters is 2. The summed E-state index contributed by atoms with van der Waals surface area (Å²) in [5.41, 5.74) is 4.79. The summed E-state index contributed by atoms with van der Waals surface area (Å²) >= 11 is 0. The highest BCUT2D eigenvalue weighted by Gasteiger charge is 2.19. The quantitative estimate of drug-likeness (QED) is 0.0393. The van der Waals surface area contributed by atoms with Crippen molar-refractivity contribution >= 4 is 18.0 Å². The fraction of sp³-hybridized carbons (Fsp3) is 0.930. The molecule has 0 fully saturated rings. The first-order valence-corrected chi connectivity index (χ1v) is 21.6. The molecule has 0 saturated carbocycles. The Morgan fingerprint density at radius 3 is 1.08 bits per heavy atom. The molecule has 0 aliphatic heterocycles. The summed E-state index contributed by atoms with van der Waals surface area (Å²) in [6.07, 6.45) is 33.5. The third kappa shape index (κ3) is 40.8. The molecular formula is C43H86N2O6. The molecule has 0 aliphatic rings. The minimum Gasteiger partial charge on any atom is -0.461 e. The summed E-state index contributed by atoms with van der Waals surface area (Å²) in [6, 6.07) is 0. The number of hydrogen-bond donors (Lipinski definition) is 2. The van der Waals surface area contributed by atoms with Gasteiger partial charge in [-0.05, 0) is 72.1 Å². The molecule has 0 heterocycles. The van der Waals surface area contributed by atoms with Crippen molar-refractivity contribution in [2.24, 2.45) is 5.73 Å². The van der Waals surface area contributed by atoms with Crippen LogP contribution in [0, 0.1) is 0 Å². The molecule has 0 radical (unpaired) electrons. The fourth-order valence-electron chi connectivity index (χ4n) is 6.05. The van der Waals surface area contributed by atoms with Crippen molar-refractivity contribution in [3.63, 3.8) is 0 Å². The normalized spacial score (nSPS) is 11.3. The highest BCUT2D eigenvalue weighted by molar-refractivity contribution is 5.78. The highest BCUT2D eigenvalue weighted by atomic mass is 16.6. The van der Waals surface area contributed by atoms with Gasteiger partial charge in [-0.2, -0.15) is 0 Å². The first-order valence-electron chi connectivity index (χ1n) is 21.6. The van der Waals surface area contributed by atoms with Gasteiger partial charge in [0.15, 0.2) is 0 Å². The summed E-state index contributed by atoms with van der Waals surface area (Å²) < 4.78 is 16.3. The first kappa shape index (κ1) is 51.3. The van der Waals surface area contributed by atoms with E-state index in [0.717, 1.165) is 38.5 Å². The monoisotopic (exact) mass is 727 g/mol. The molecule has 8 nitrogen and oxygen atoms in total. The smallest absolute Gasteiger partial charge is 0.408 e. The van der Waals surface area contributed by atoms with E-state index >= 15 is 0 Å². The summed E-state index contributed by atoms with van der Waals surface area (Å²) in [6.45, 7) is 14.2. The lowest BCUT2D eigenvalue weighted by Crippen LogP contribution is -2.37. The summed E-state index contributed by atoms with van der Waals surface area (Å²) in [4.78, 5) is 35.3. The molecule has 0 atom stereocenters. The number of nitrogens with two attached hydrogens (primary N) is 1. The second-order valence-electron chi connectivity index (χ2n) is 15.5. The molecule has 1 amide bonds. The predicted octanol–water partition coefficient (Wildman–Crippen LogP) is 12.3. The van der Waals surface area contributed by atoms with Crippen LogP contribution in [0.3, 0.4) is 0 Å². The Morgan fingerprint density at radius 1 is 0.490 bits per heavy atom. The first-order chi connectivity index (χ1) is 24.5. The van der Waals surface area contributed by atoms with E-state index in [2.05, 4.69) is 33.0 Å². The minimum atomic E-state index is -0.585. The average molecular weight is 727 g/mol. The van der Waals surface area contributed by atoms with Crippen LogP contribution >= 0.6 is 0 Å². The van der Waals surface area contributed by atoms with Gasteiger partial charge in [0, 0.05) is 0 Å². The fourth-order valence-corrected chi connectivity index (χ4v) is 6.05. The standard InChI is InChI=1S/C24H47NO4.C19H39NO2/c1-6-8-10-12-14-16-18-21(19-17-15-13-11-9-7-2)28-22(26)20-25-23(27)29-24(3,4)5;1-3-5-7-9-11-13-15-18(22-19(21)17-20)16-14-12-10-8-6-4-2/h21H,6-20H2,1-5H3,(H,25,27);18H,3-17,20H2,1-2H3. The third-order valence-electron chi connectivity index (χ3n) is 9.06. The lowest BCUT2D eigenvalue weighted by molar-refractivity contribution is -0.149. The van der Waals surface area contributed by atoms with Gasteiger partial charge in [0.1, 0.15) is 24.4 Å². The molecule has 0 rings (SSSR count). The van der Waals surface area contributed by atoms with Crippen molar-refractivity contribution < 1.29 is 28.6 Å². The zero-order valence-corrected chi connectivity index (χ0v) is 34.9. The molecule has 0 bridgehead atoms. The minimum absolute atomic E-state index is 0.00347. The van der Waals surface area contributed by atoms with E-state index in [4.69, 9.17) is 19.9 Å². The van der Waals surface area contributed by atoms with Crippen LogP contribution in [0.4, 0.5) is 4.79 Å². The number of carbonyl (C=O) groups is 3. The van der Waals surface area contributed by atoms with Crippen LogP contribution in [0.1, 0.15) is 228 Å². The van der Waals surface area contributed by atoms with E-state index in [0.29, 0.717) is 0 Å². The summed E-state index contributed by atoms with van der Waals surface area (Å²) in [5, 5.41) is 2.49. The van der Waals surface area contributed by atoms with Crippen LogP contribution in [0.2, 0.25) is 0 Å². The zero-order chi connectivity index (χ0) is 38.4. The predicted molar refractivity (Wildman–Crippen MR) is 215 cm³/mol. The average Bonchev–Trinajstić information content (AvgIpc) is 3.09. The molecule has 304 valence electrons. The van der Waals surface area contributed by atoms with Gasteiger partial charge in [-0.15, -0.1) is 0 Å². The van der Waals surface area contributed by atoms with Gasteiger partial charge in [-0.3, -0.25) is 9.59 Å². The highest BCUT2D eigenvalue weighted by Crippen LogP contribution is 2.18. The number of hydrogen-bond acceptors (Lipinski definition) is 7. The van der Waals surface area contributed by atoms with E-state index in [1.54, 1.807) is 20.8 Å². The van der Waals surface area contributed by atoms with Gasteiger partial charge in [0.25, 0.3) is 0 Å². The second-order valence-corrected chi connectivity index (χ2v) is 15.5. The van der Waals surface area contributed by atoms with Crippen LogP contribution in [-0.4, -0.2) is 48.9 Å². The van der Waals surface area contributed by atoms with Gasteiger partial charge in [-0.25, -0.2) is 4.79 Å². The van der Waals surface area contributed by atoms with Crippen LogP contribution in [0.5, 0.6) is 0 Å². The number of carbonyl (C=O) groups excluding carboxylic acids is 3. The number of unbranched alkanes of at least 4 members (excludes halogenated alkanes) is 20. The summed E-state index contributed by atoms with van der Waals surface area (Å²) in [5.74, 6) is -0.625. The number of ether oxygens (including phenoxy) is 3. The van der Waals surface area contributed by atoms with Gasteiger partial charge in [0.05, 0.1) is 6.54 Å². The maximum atomic E-state index is 12.2. The van der Waals surface area contributed by atoms with E-state index < -0.39 is 11.7 Å². The summed E-state index contributed by atoms with van der Waals surface area (Å²) in [7, 11) is 0.